The Morgan fingerprint density at radius 1 is 1.29 bits per heavy atom. The topological polar surface area (TPSA) is 29.3 Å². The zero-order valence-corrected chi connectivity index (χ0v) is 9.67. The molecule has 14 heavy (non-hydrogen) atoms. The fourth-order valence-electron chi connectivity index (χ4n) is 2.47. The number of likely N-dealkylation sites (tertiary alicyclic amines) is 1. The maximum atomic E-state index is 5.52. The molecule has 0 radical (unpaired) electrons. The second-order valence-corrected chi connectivity index (χ2v) is 4.47. The van der Waals surface area contributed by atoms with E-state index >= 15 is 0 Å². The van der Waals surface area contributed by atoms with Gasteiger partial charge in [0.05, 0.1) is 0 Å². The molecule has 2 heteroatoms. The smallest absolute Gasteiger partial charge is 0.00951 e. The lowest BCUT2D eigenvalue weighted by atomic mass is 9.98. The van der Waals surface area contributed by atoms with Crippen LogP contribution in [0.1, 0.15) is 51.9 Å². The number of hydrogen-bond donors (Lipinski definition) is 1. The summed E-state index contributed by atoms with van der Waals surface area (Å²) >= 11 is 0. The van der Waals surface area contributed by atoms with Gasteiger partial charge in [-0.15, -0.1) is 0 Å². The Labute approximate surface area is 88.8 Å². The van der Waals surface area contributed by atoms with E-state index < -0.39 is 0 Å². The van der Waals surface area contributed by atoms with E-state index in [4.69, 9.17) is 5.73 Å². The molecule has 84 valence electrons. The number of nitrogens with two attached hydrogens (primary N) is 1. The summed E-state index contributed by atoms with van der Waals surface area (Å²) in [6, 6.07) is 0.881. The van der Waals surface area contributed by atoms with Crippen LogP contribution in [0.15, 0.2) is 0 Å². The summed E-state index contributed by atoms with van der Waals surface area (Å²) in [6.07, 6.45) is 9.48. The lowest BCUT2D eigenvalue weighted by molar-refractivity contribution is 0.137. The van der Waals surface area contributed by atoms with Crippen molar-refractivity contribution in [3.8, 4) is 0 Å². The van der Waals surface area contributed by atoms with Crippen LogP contribution in [-0.4, -0.2) is 30.6 Å². The molecule has 0 saturated carbocycles. The van der Waals surface area contributed by atoms with Crippen molar-refractivity contribution in [2.24, 2.45) is 5.73 Å². The van der Waals surface area contributed by atoms with Gasteiger partial charge in [-0.3, -0.25) is 0 Å². The summed E-state index contributed by atoms with van der Waals surface area (Å²) < 4.78 is 0. The molecular weight excluding hydrogens is 172 g/mol. The van der Waals surface area contributed by atoms with E-state index in [1.165, 1.54) is 58.0 Å². The van der Waals surface area contributed by atoms with Gasteiger partial charge in [0, 0.05) is 6.04 Å². The summed E-state index contributed by atoms with van der Waals surface area (Å²) in [5, 5.41) is 0. The van der Waals surface area contributed by atoms with E-state index in [0.717, 1.165) is 12.6 Å². The minimum absolute atomic E-state index is 0.853. The molecule has 2 nitrogen and oxygen atoms in total. The van der Waals surface area contributed by atoms with Crippen LogP contribution >= 0.6 is 0 Å². The van der Waals surface area contributed by atoms with Crippen molar-refractivity contribution in [2.75, 3.05) is 19.6 Å². The number of nitrogens with zero attached hydrogens (tertiary/aromatic N) is 1. The molecule has 1 fully saturated rings. The molecule has 1 atom stereocenters. The zero-order valence-electron chi connectivity index (χ0n) is 9.67. The lowest BCUT2D eigenvalue weighted by Crippen LogP contribution is -2.40. The van der Waals surface area contributed by atoms with E-state index in [1.807, 2.05) is 0 Å². The fraction of sp³-hybridized carbons (Fsp3) is 1.00. The van der Waals surface area contributed by atoms with Crippen molar-refractivity contribution in [1.29, 1.82) is 0 Å². The predicted octanol–water partition coefficient (Wildman–Crippen LogP) is 2.38. The largest absolute Gasteiger partial charge is 0.330 e. The zero-order chi connectivity index (χ0) is 10.2. The maximum Gasteiger partial charge on any atom is 0.00951 e. The van der Waals surface area contributed by atoms with E-state index in [0.29, 0.717) is 0 Å². The quantitative estimate of drug-likeness (QED) is 0.664. The van der Waals surface area contributed by atoms with Gasteiger partial charge in [-0.2, -0.15) is 0 Å². The summed E-state index contributed by atoms with van der Waals surface area (Å²) in [4.78, 5) is 2.70. The van der Waals surface area contributed by atoms with E-state index in [-0.39, 0.29) is 0 Å². The van der Waals surface area contributed by atoms with Gasteiger partial charge in [0.1, 0.15) is 0 Å². The van der Waals surface area contributed by atoms with E-state index in [2.05, 4.69) is 11.8 Å². The summed E-state index contributed by atoms with van der Waals surface area (Å²) in [6.45, 7) is 5.76. The van der Waals surface area contributed by atoms with Crippen LogP contribution in [0.4, 0.5) is 0 Å². The molecular formula is C12H26N2. The first kappa shape index (κ1) is 12.0. The number of piperidine rings is 1. The van der Waals surface area contributed by atoms with Gasteiger partial charge in [-0.1, -0.05) is 19.8 Å². The van der Waals surface area contributed by atoms with Crippen molar-refractivity contribution in [3.05, 3.63) is 0 Å². The summed E-state index contributed by atoms with van der Waals surface area (Å²) in [5.41, 5.74) is 5.52. The molecule has 0 aliphatic carbocycles. The molecule has 0 aromatic carbocycles. The molecule has 0 aromatic rings. The third kappa shape index (κ3) is 3.97. The highest BCUT2D eigenvalue weighted by Crippen LogP contribution is 2.20. The van der Waals surface area contributed by atoms with Crippen molar-refractivity contribution < 1.29 is 0 Å². The molecule has 1 unspecified atom stereocenters. The van der Waals surface area contributed by atoms with Gasteiger partial charge >= 0.3 is 0 Å². The number of rotatable bonds is 6. The Hall–Kier alpha value is -0.0800. The molecule has 0 bridgehead atoms. The van der Waals surface area contributed by atoms with Gasteiger partial charge < -0.3 is 10.6 Å². The molecule has 0 spiro atoms. The Kier molecular flexibility index (Phi) is 6.20. The van der Waals surface area contributed by atoms with Crippen LogP contribution in [0, 0.1) is 0 Å². The minimum Gasteiger partial charge on any atom is -0.330 e. The third-order valence-electron chi connectivity index (χ3n) is 3.27. The van der Waals surface area contributed by atoms with Crippen LogP contribution in [0.25, 0.3) is 0 Å². The van der Waals surface area contributed by atoms with Crippen LogP contribution in [0.3, 0.4) is 0 Å². The van der Waals surface area contributed by atoms with Gasteiger partial charge in [-0.25, -0.2) is 0 Å². The molecule has 1 heterocycles. The second-order valence-electron chi connectivity index (χ2n) is 4.47. The first-order valence-electron chi connectivity index (χ1n) is 6.32. The van der Waals surface area contributed by atoms with Crippen LogP contribution < -0.4 is 5.73 Å². The average Bonchev–Trinajstić information content (AvgIpc) is 2.21. The SMILES string of the molecule is CCCC1CCCCN1CCCCN. The highest BCUT2D eigenvalue weighted by molar-refractivity contribution is 4.76. The summed E-state index contributed by atoms with van der Waals surface area (Å²) in [5.74, 6) is 0. The van der Waals surface area contributed by atoms with Crippen LogP contribution in [0.5, 0.6) is 0 Å². The first-order chi connectivity index (χ1) is 6.88. The average molecular weight is 198 g/mol. The normalized spacial score (nSPS) is 24.0. The van der Waals surface area contributed by atoms with Gasteiger partial charge in [-0.05, 0) is 51.7 Å². The Balaban J connectivity index is 2.22. The van der Waals surface area contributed by atoms with Crippen molar-refractivity contribution >= 4 is 0 Å². The highest BCUT2D eigenvalue weighted by Gasteiger charge is 2.20. The van der Waals surface area contributed by atoms with Gasteiger partial charge in [0.15, 0.2) is 0 Å². The fourth-order valence-corrected chi connectivity index (χ4v) is 2.47. The molecule has 1 rings (SSSR count). The minimum atomic E-state index is 0.853. The standard InChI is InChI=1S/C12H26N2/c1-2-7-12-8-3-5-10-14(12)11-6-4-9-13/h12H,2-11,13H2,1H3. The monoisotopic (exact) mass is 198 g/mol. The Morgan fingerprint density at radius 3 is 2.86 bits per heavy atom. The van der Waals surface area contributed by atoms with E-state index in [9.17, 15) is 0 Å². The number of unbranched alkanes of at least 4 members (excludes halogenated alkanes) is 1. The van der Waals surface area contributed by atoms with Crippen molar-refractivity contribution in [2.45, 2.75) is 57.9 Å². The molecule has 0 amide bonds. The summed E-state index contributed by atoms with van der Waals surface area (Å²) in [7, 11) is 0. The van der Waals surface area contributed by atoms with Crippen molar-refractivity contribution in [3.63, 3.8) is 0 Å². The highest BCUT2D eigenvalue weighted by atomic mass is 15.2. The molecule has 1 aliphatic heterocycles. The van der Waals surface area contributed by atoms with Crippen LogP contribution in [0.2, 0.25) is 0 Å². The van der Waals surface area contributed by atoms with Crippen molar-refractivity contribution in [1.82, 2.24) is 4.90 Å². The van der Waals surface area contributed by atoms with Gasteiger partial charge in [0.25, 0.3) is 0 Å². The maximum absolute atomic E-state index is 5.52. The molecule has 0 aromatic heterocycles. The predicted molar refractivity (Wildman–Crippen MR) is 62.4 cm³/mol. The molecule has 1 saturated heterocycles. The Morgan fingerprint density at radius 2 is 2.14 bits per heavy atom. The molecule has 2 N–H and O–H groups in total. The third-order valence-corrected chi connectivity index (χ3v) is 3.27. The first-order valence-corrected chi connectivity index (χ1v) is 6.32. The van der Waals surface area contributed by atoms with Gasteiger partial charge in [0.2, 0.25) is 0 Å². The van der Waals surface area contributed by atoms with Crippen LogP contribution in [-0.2, 0) is 0 Å². The molecule has 1 aliphatic rings. The van der Waals surface area contributed by atoms with E-state index in [1.54, 1.807) is 0 Å². The number of hydrogen-bond acceptors (Lipinski definition) is 2. The Bertz CT molecular complexity index is 134. The second kappa shape index (κ2) is 7.24. The lowest BCUT2D eigenvalue weighted by Gasteiger charge is -2.35.